The van der Waals surface area contributed by atoms with Crippen molar-refractivity contribution in [1.82, 2.24) is 4.98 Å². The van der Waals surface area contributed by atoms with Gasteiger partial charge in [0, 0.05) is 11.5 Å². The van der Waals surface area contributed by atoms with Crippen LogP contribution in [0, 0.1) is 6.92 Å². The Morgan fingerprint density at radius 2 is 1.88 bits per heavy atom. The molecule has 118 valence electrons. The van der Waals surface area contributed by atoms with Crippen molar-refractivity contribution >= 4 is 21.9 Å². The molecule has 4 rings (SSSR count). The molecule has 24 heavy (non-hydrogen) atoms. The van der Waals surface area contributed by atoms with Gasteiger partial charge in [-0.3, -0.25) is 4.79 Å². The zero-order valence-corrected chi connectivity index (χ0v) is 13.4. The molecule has 4 nitrogen and oxygen atoms in total. The van der Waals surface area contributed by atoms with Crippen LogP contribution in [0.4, 0.5) is 0 Å². The maximum absolute atomic E-state index is 12.9. The Morgan fingerprint density at radius 3 is 2.71 bits per heavy atom. The number of rotatable bonds is 2. The third kappa shape index (κ3) is 2.24. The second kappa shape index (κ2) is 5.49. The highest BCUT2D eigenvalue weighted by Gasteiger charge is 2.15. The molecule has 4 heteroatoms. The molecule has 2 aromatic heterocycles. The standard InChI is InChI=1S/C20H15NO3/c1-12-19(17-10-7-13-5-3-4-6-16(13)21-17)20(22)15-9-8-14(23-2)11-18(15)24-12/h3-11H,1-2H3. The van der Waals surface area contributed by atoms with E-state index in [9.17, 15) is 4.79 Å². The van der Waals surface area contributed by atoms with Crippen molar-refractivity contribution in [1.29, 1.82) is 0 Å². The predicted octanol–water partition coefficient (Wildman–Crippen LogP) is 4.33. The van der Waals surface area contributed by atoms with Gasteiger partial charge in [0.1, 0.15) is 17.1 Å². The Labute approximate surface area is 138 Å². The molecule has 0 saturated heterocycles. The number of nitrogens with zero attached hydrogens (tertiary/aromatic N) is 1. The van der Waals surface area contributed by atoms with Gasteiger partial charge in [-0.25, -0.2) is 4.98 Å². The van der Waals surface area contributed by atoms with Gasteiger partial charge >= 0.3 is 0 Å². The summed E-state index contributed by atoms with van der Waals surface area (Å²) < 4.78 is 11.1. The van der Waals surface area contributed by atoms with Gasteiger partial charge in [0.25, 0.3) is 0 Å². The highest BCUT2D eigenvalue weighted by Crippen LogP contribution is 2.26. The van der Waals surface area contributed by atoms with E-state index < -0.39 is 0 Å². The lowest BCUT2D eigenvalue weighted by Crippen LogP contribution is -2.08. The van der Waals surface area contributed by atoms with Crippen LogP contribution in [0.2, 0.25) is 0 Å². The van der Waals surface area contributed by atoms with Crippen LogP contribution in [-0.4, -0.2) is 12.1 Å². The third-order valence-electron chi connectivity index (χ3n) is 4.13. The van der Waals surface area contributed by atoms with E-state index in [2.05, 4.69) is 4.98 Å². The van der Waals surface area contributed by atoms with Crippen LogP contribution in [0.15, 0.2) is 63.8 Å². The fourth-order valence-corrected chi connectivity index (χ4v) is 2.91. The SMILES string of the molecule is COc1ccc2c(=O)c(-c3ccc4ccccc4n3)c(C)oc2c1. The molecule has 0 N–H and O–H groups in total. The molecule has 0 amide bonds. The maximum Gasteiger partial charge on any atom is 0.202 e. The number of benzene rings is 2. The number of aryl methyl sites for hydroxylation is 1. The molecule has 2 heterocycles. The fourth-order valence-electron chi connectivity index (χ4n) is 2.91. The molecule has 2 aromatic carbocycles. The van der Waals surface area contributed by atoms with Gasteiger partial charge in [0.15, 0.2) is 0 Å². The number of para-hydroxylation sites is 1. The van der Waals surface area contributed by atoms with Crippen molar-refractivity contribution in [2.24, 2.45) is 0 Å². The maximum atomic E-state index is 12.9. The van der Waals surface area contributed by atoms with Crippen LogP contribution in [0.3, 0.4) is 0 Å². The molecule has 0 unspecified atom stereocenters. The van der Waals surface area contributed by atoms with E-state index in [1.807, 2.05) is 36.4 Å². The summed E-state index contributed by atoms with van der Waals surface area (Å²) in [6, 6.07) is 16.9. The summed E-state index contributed by atoms with van der Waals surface area (Å²) in [4.78, 5) is 17.6. The molecule has 0 saturated carbocycles. The smallest absolute Gasteiger partial charge is 0.202 e. The predicted molar refractivity (Wildman–Crippen MR) is 94.5 cm³/mol. The minimum atomic E-state index is -0.0841. The van der Waals surface area contributed by atoms with Crippen molar-refractivity contribution < 1.29 is 9.15 Å². The average molecular weight is 317 g/mol. The molecule has 0 fully saturated rings. The Kier molecular flexibility index (Phi) is 3.31. The number of pyridine rings is 1. The van der Waals surface area contributed by atoms with Gasteiger partial charge in [-0.15, -0.1) is 0 Å². The van der Waals surface area contributed by atoms with Gasteiger partial charge < -0.3 is 9.15 Å². The number of ether oxygens (including phenoxy) is 1. The zero-order chi connectivity index (χ0) is 16.7. The molecule has 0 bridgehead atoms. The van der Waals surface area contributed by atoms with E-state index in [0.717, 1.165) is 10.9 Å². The average Bonchev–Trinajstić information content (AvgIpc) is 2.61. The van der Waals surface area contributed by atoms with Gasteiger partial charge in [-0.1, -0.05) is 24.3 Å². The largest absolute Gasteiger partial charge is 0.497 e. The van der Waals surface area contributed by atoms with Crippen LogP contribution in [0.25, 0.3) is 33.1 Å². The van der Waals surface area contributed by atoms with Crippen LogP contribution in [0.1, 0.15) is 5.76 Å². The second-order valence-electron chi connectivity index (χ2n) is 5.61. The lowest BCUT2D eigenvalue weighted by atomic mass is 10.1. The van der Waals surface area contributed by atoms with Gasteiger partial charge in [0.2, 0.25) is 5.43 Å². The van der Waals surface area contributed by atoms with E-state index in [1.165, 1.54) is 0 Å². The minimum absolute atomic E-state index is 0.0841. The lowest BCUT2D eigenvalue weighted by Gasteiger charge is -2.08. The number of hydrogen-bond donors (Lipinski definition) is 0. The van der Waals surface area contributed by atoms with E-state index in [1.54, 1.807) is 32.2 Å². The van der Waals surface area contributed by atoms with Gasteiger partial charge in [-0.2, -0.15) is 0 Å². The van der Waals surface area contributed by atoms with Crippen molar-refractivity contribution in [3.05, 3.63) is 70.6 Å². The Bertz CT molecular complexity index is 1130. The van der Waals surface area contributed by atoms with Gasteiger partial charge in [-0.05, 0) is 31.2 Å². The number of methoxy groups -OCH3 is 1. The molecule has 0 atom stereocenters. The quantitative estimate of drug-likeness (QED) is 0.552. The molecule has 4 aromatic rings. The number of hydrogen-bond acceptors (Lipinski definition) is 4. The summed E-state index contributed by atoms with van der Waals surface area (Å²) in [5, 5.41) is 1.56. The first-order chi connectivity index (χ1) is 11.7. The molecule has 0 aliphatic rings. The molecule has 0 aliphatic carbocycles. The summed E-state index contributed by atoms with van der Waals surface area (Å²) in [6.07, 6.45) is 0. The highest BCUT2D eigenvalue weighted by molar-refractivity contribution is 5.85. The first kappa shape index (κ1) is 14.5. The molecule has 0 spiro atoms. The Morgan fingerprint density at radius 1 is 1.04 bits per heavy atom. The van der Waals surface area contributed by atoms with E-state index in [0.29, 0.717) is 33.7 Å². The van der Waals surface area contributed by atoms with Crippen molar-refractivity contribution in [3.63, 3.8) is 0 Å². The molecule has 0 aliphatic heterocycles. The topological polar surface area (TPSA) is 52.3 Å². The van der Waals surface area contributed by atoms with Crippen LogP contribution in [-0.2, 0) is 0 Å². The van der Waals surface area contributed by atoms with Gasteiger partial charge in [0.05, 0.1) is 29.3 Å². The summed E-state index contributed by atoms with van der Waals surface area (Å²) in [5.41, 5.74) is 2.40. The van der Waals surface area contributed by atoms with Crippen molar-refractivity contribution in [2.75, 3.05) is 7.11 Å². The van der Waals surface area contributed by atoms with Crippen LogP contribution >= 0.6 is 0 Å². The Balaban J connectivity index is 1.99. The van der Waals surface area contributed by atoms with Crippen LogP contribution < -0.4 is 10.2 Å². The highest BCUT2D eigenvalue weighted by atomic mass is 16.5. The Hall–Kier alpha value is -3.14. The second-order valence-corrected chi connectivity index (χ2v) is 5.61. The van der Waals surface area contributed by atoms with E-state index in [-0.39, 0.29) is 5.43 Å². The van der Waals surface area contributed by atoms with Crippen LogP contribution in [0.5, 0.6) is 5.75 Å². The number of fused-ring (bicyclic) bond motifs is 2. The number of aromatic nitrogens is 1. The first-order valence-electron chi connectivity index (χ1n) is 7.65. The molecular formula is C20H15NO3. The fraction of sp³-hybridized carbons (Fsp3) is 0.100. The monoisotopic (exact) mass is 317 g/mol. The van der Waals surface area contributed by atoms with E-state index in [4.69, 9.17) is 9.15 Å². The molecular weight excluding hydrogens is 302 g/mol. The summed E-state index contributed by atoms with van der Waals surface area (Å²) >= 11 is 0. The van der Waals surface area contributed by atoms with Crippen molar-refractivity contribution in [3.8, 4) is 17.0 Å². The minimum Gasteiger partial charge on any atom is -0.497 e. The van der Waals surface area contributed by atoms with E-state index >= 15 is 0 Å². The normalized spacial score (nSPS) is 11.1. The zero-order valence-electron chi connectivity index (χ0n) is 13.4. The first-order valence-corrected chi connectivity index (χ1v) is 7.65. The third-order valence-corrected chi connectivity index (χ3v) is 4.13. The molecule has 0 radical (unpaired) electrons. The lowest BCUT2D eigenvalue weighted by molar-refractivity contribution is 0.414. The summed E-state index contributed by atoms with van der Waals surface area (Å²) in [6.45, 7) is 1.78. The summed E-state index contributed by atoms with van der Waals surface area (Å²) in [5.74, 6) is 1.20. The van der Waals surface area contributed by atoms with Crippen molar-refractivity contribution in [2.45, 2.75) is 6.92 Å². The summed E-state index contributed by atoms with van der Waals surface area (Å²) in [7, 11) is 1.58.